The Balaban J connectivity index is 2.17. The van der Waals surface area contributed by atoms with Crippen molar-refractivity contribution >= 4 is 15.9 Å². The molecule has 0 unspecified atom stereocenters. The number of rotatable bonds is 6. The molecule has 2 N–H and O–H groups in total. The summed E-state index contributed by atoms with van der Waals surface area (Å²) in [7, 11) is -1.30. The van der Waals surface area contributed by atoms with Crippen LogP contribution in [-0.4, -0.2) is 28.5 Å². The second-order valence-corrected chi connectivity index (χ2v) is 6.24. The van der Waals surface area contributed by atoms with Crippen molar-refractivity contribution < 1.29 is 27.1 Å². The SMILES string of the molecule is COc1ccc(S(=O)(=O)NNC(=O)c2ccccc2F)cc1OC. The van der Waals surface area contributed by atoms with Gasteiger partial charge < -0.3 is 9.47 Å². The van der Waals surface area contributed by atoms with E-state index in [0.717, 1.165) is 6.07 Å². The lowest BCUT2D eigenvalue weighted by Crippen LogP contribution is -2.41. The van der Waals surface area contributed by atoms with Crippen molar-refractivity contribution in [1.82, 2.24) is 10.3 Å². The highest BCUT2D eigenvalue weighted by Crippen LogP contribution is 2.29. The molecule has 0 saturated heterocycles. The summed E-state index contributed by atoms with van der Waals surface area (Å²) in [6.07, 6.45) is 0. The summed E-state index contributed by atoms with van der Waals surface area (Å²) in [5, 5.41) is 0. The summed E-state index contributed by atoms with van der Waals surface area (Å²) in [6.45, 7) is 0. The van der Waals surface area contributed by atoms with Crippen LogP contribution in [0.4, 0.5) is 4.39 Å². The molecule has 0 radical (unpaired) electrons. The van der Waals surface area contributed by atoms with E-state index in [1.54, 1.807) is 0 Å². The minimum absolute atomic E-state index is 0.158. The highest BCUT2D eigenvalue weighted by molar-refractivity contribution is 7.89. The number of benzene rings is 2. The molecule has 2 rings (SSSR count). The average Bonchev–Trinajstić information content (AvgIpc) is 2.59. The van der Waals surface area contributed by atoms with Crippen LogP contribution in [-0.2, 0) is 10.0 Å². The monoisotopic (exact) mass is 354 g/mol. The third-order valence-corrected chi connectivity index (χ3v) is 4.33. The molecule has 0 spiro atoms. The zero-order valence-corrected chi connectivity index (χ0v) is 13.7. The normalized spacial score (nSPS) is 11.0. The first-order valence-electron chi connectivity index (χ1n) is 6.67. The van der Waals surface area contributed by atoms with Crippen molar-refractivity contribution in [2.45, 2.75) is 4.90 Å². The van der Waals surface area contributed by atoms with Gasteiger partial charge in [0.15, 0.2) is 11.5 Å². The van der Waals surface area contributed by atoms with Crippen LogP contribution in [0.25, 0.3) is 0 Å². The van der Waals surface area contributed by atoms with Gasteiger partial charge in [-0.3, -0.25) is 10.2 Å². The molecule has 0 bridgehead atoms. The fraction of sp³-hybridized carbons (Fsp3) is 0.133. The number of hydrazine groups is 1. The number of ether oxygens (including phenoxy) is 2. The smallest absolute Gasteiger partial charge is 0.269 e. The molecule has 0 aromatic heterocycles. The van der Waals surface area contributed by atoms with Gasteiger partial charge in [0, 0.05) is 6.07 Å². The highest BCUT2D eigenvalue weighted by atomic mass is 32.2. The van der Waals surface area contributed by atoms with E-state index in [2.05, 4.69) is 0 Å². The molecule has 0 aliphatic carbocycles. The average molecular weight is 354 g/mol. The molecule has 0 heterocycles. The molecule has 1 amide bonds. The van der Waals surface area contributed by atoms with Gasteiger partial charge in [0.25, 0.3) is 15.9 Å². The van der Waals surface area contributed by atoms with Crippen molar-refractivity contribution in [3.8, 4) is 11.5 Å². The van der Waals surface area contributed by atoms with Crippen molar-refractivity contribution in [3.05, 3.63) is 53.8 Å². The van der Waals surface area contributed by atoms with Gasteiger partial charge in [-0.25, -0.2) is 12.8 Å². The van der Waals surface area contributed by atoms with E-state index < -0.39 is 21.7 Å². The van der Waals surface area contributed by atoms with Gasteiger partial charge in [-0.1, -0.05) is 12.1 Å². The number of carbonyl (C=O) groups is 1. The molecule has 2 aromatic carbocycles. The third kappa shape index (κ3) is 3.81. The lowest BCUT2D eigenvalue weighted by Gasteiger charge is -2.11. The Kier molecular flexibility index (Phi) is 5.37. The number of hydrogen-bond donors (Lipinski definition) is 2. The molecule has 128 valence electrons. The minimum atomic E-state index is -4.07. The standard InChI is InChI=1S/C15H15FN2O5S/c1-22-13-8-7-10(9-14(13)23-2)24(20,21)18-17-15(19)11-5-3-4-6-12(11)16/h3-9,18H,1-2H3,(H,17,19). The first-order valence-corrected chi connectivity index (χ1v) is 8.16. The minimum Gasteiger partial charge on any atom is -0.493 e. The molecule has 0 aliphatic rings. The van der Waals surface area contributed by atoms with Gasteiger partial charge in [-0.05, 0) is 24.3 Å². The van der Waals surface area contributed by atoms with Crippen LogP contribution in [0, 0.1) is 5.82 Å². The van der Waals surface area contributed by atoms with Gasteiger partial charge in [-0.2, -0.15) is 0 Å². The quantitative estimate of drug-likeness (QED) is 0.766. The van der Waals surface area contributed by atoms with Gasteiger partial charge in [0.1, 0.15) is 5.82 Å². The third-order valence-electron chi connectivity index (χ3n) is 3.08. The van der Waals surface area contributed by atoms with E-state index in [0.29, 0.717) is 5.75 Å². The van der Waals surface area contributed by atoms with Crippen LogP contribution < -0.4 is 19.7 Å². The molecule has 2 aromatic rings. The van der Waals surface area contributed by atoms with Crippen LogP contribution in [0.1, 0.15) is 10.4 Å². The maximum absolute atomic E-state index is 13.5. The maximum Gasteiger partial charge on any atom is 0.269 e. The van der Waals surface area contributed by atoms with Gasteiger partial charge in [0.05, 0.1) is 24.7 Å². The largest absolute Gasteiger partial charge is 0.493 e. The number of sulfonamides is 1. The van der Waals surface area contributed by atoms with Crippen LogP contribution in [0.15, 0.2) is 47.4 Å². The van der Waals surface area contributed by atoms with E-state index >= 15 is 0 Å². The fourth-order valence-corrected chi connectivity index (χ4v) is 2.72. The van der Waals surface area contributed by atoms with E-state index in [1.165, 1.54) is 50.6 Å². The summed E-state index contributed by atoms with van der Waals surface area (Å²) in [4.78, 5) is 13.6. The number of carbonyl (C=O) groups excluding carboxylic acids is 1. The lowest BCUT2D eigenvalue weighted by molar-refractivity contribution is 0.0941. The Hall–Kier alpha value is -2.65. The highest BCUT2D eigenvalue weighted by Gasteiger charge is 2.19. The Morgan fingerprint density at radius 2 is 1.71 bits per heavy atom. The predicted molar refractivity (Wildman–Crippen MR) is 83.7 cm³/mol. The number of methoxy groups -OCH3 is 2. The Morgan fingerprint density at radius 3 is 2.33 bits per heavy atom. The molecule has 0 aliphatic heterocycles. The molecular formula is C15H15FN2O5S. The van der Waals surface area contributed by atoms with Gasteiger partial charge in [0.2, 0.25) is 0 Å². The second-order valence-electron chi connectivity index (χ2n) is 4.56. The number of nitrogens with one attached hydrogen (secondary N) is 2. The van der Waals surface area contributed by atoms with Crippen LogP contribution in [0.2, 0.25) is 0 Å². The number of halogens is 1. The van der Waals surface area contributed by atoms with E-state index in [-0.39, 0.29) is 16.2 Å². The molecule has 0 fully saturated rings. The summed E-state index contributed by atoms with van der Waals surface area (Å²) in [5.74, 6) is -1.12. The molecule has 7 nitrogen and oxygen atoms in total. The van der Waals surface area contributed by atoms with Crippen molar-refractivity contribution in [2.75, 3.05) is 14.2 Å². The molecular weight excluding hydrogens is 339 g/mol. The molecule has 24 heavy (non-hydrogen) atoms. The topological polar surface area (TPSA) is 93.7 Å². The van der Waals surface area contributed by atoms with E-state index in [9.17, 15) is 17.6 Å². The second kappa shape index (κ2) is 7.28. The van der Waals surface area contributed by atoms with Crippen molar-refractivity contribution in [2.24, 2.45) is 0 Å². The summed E-state index contributed by atoms with van der Waals surface area (Å²) in [6, 6.07) is 9.12. The number of hydrogen-bond acceptors (Lipinski definition) is 5. The fourth-order valence-electron chi connectivity index (χ4n) is 1.87. The first-order chi connectivity index (χ1) is 11.4. The van der Waals surface area contributed by atoms with E-state index in [1.807, 2.05) is 10.3 Å². The lowest BCUT2D eigenvalue weighted by atomic mass is 10.2. The van der Waals surface area contributed by atoms with Crippen LogP contribution >= 0.6 is 0 Å². The van der Waals surface area contributed by atoms with Gasteiger partial charge >= 0.3 is 0 Å². The zero-order chi connectivity index (χ0) is 17.7. The van der Waals surface area contributed by atoms with Crippen LogP contribution in [0.5, 0.6) is 11.5 Å². The Labute approximate surface area is 138 Å². The summed E-state index contributed by atoms with van der Waals surface area (Å²) in [5.41, 5.74) is 1.67. The van der Waals surface area contributed by atoms with Gasteiger partial charge in [-0.15, -0.1) is 4.83 Å². The molecule has 9 heteroatoms. The van der Waals surface area contributed by atoms with Crippen LogP contribution in [0.3, 0.4) is 0 Å². The molecule has 0 atom stereocenters. The number of amides is 1. The molecule has 0 saturated carbocycles. The maximum atomic E-state index is 13.5. The summed E-state index contributed by atoms with van der Waals surface area (Å²) < 4.78 is 48.0. The predicted octanol–water partition coefficient (Wildman–Crippen LogP) is 1.47. The summed E-state index contributed by atoms with van der Waals surface area (Å²) >= 11 is 0. The first kappa shape index (κ1) is 17.7. The van der Waals surface area contributed by atoms with Crippen molar-refractivity contribution in [3.63, 3.8) is 0 Å². The Bertz CT molecular complexity index is 855. The Morgan fingerprint density at radius 1 is 1.04 bits per heavy atom. The van der Waals surface area contributed by atoms with E-state index in [4.69, 9.17) is 9.47 Å². The zero-order valence-electron chi connectivity index (χ0n) is 12.9. The van der Waals surface area contributed by atoms with Crippen molar-refractivity contribution in [1.29, 1.82) is 0 Å².